The smallest absolute Gasteiger partial charge is 0.261 e. The van der Waals surface area contributed by atoms with E-state index in [0.717, 1.165) is 41.7 Å². The van der Waals surface area contributed by atoms with Crippen LogP contribution >= 0.6 is 22.7 Å². The van der Waals surface area contributed by atoms with Crippen LogP contribution in [-0.2, 0) is 9.59 Å². The van der Waals surface area contributed by atoms with Crippen molar-refractivity contribution in [3.8, 4) is 0 Å². The van der Waals surface area contributed by atoms with Crippen LogP contribution in [0.5, 0.6) is 0 Å². The van der Waals surface area contributed by atoms with Crippen molar-refractivity contribution in [1.29, 1.82) is 0 Å². The summed E-state index contributed by atoms with van der Waals surface area (Å²) in [6, 6.07) is 12.5. The summed E-state index contributed by atoms with van der Waals surface area (Å²) in [6.07, 6.45) is 4.11. The van der Waals surface area contributed by atoms with Gasteiger partial charge in [-0.1, -0.05) is 31.0 Å². The van der Waals surface area contributed by atoms with Gasteiger partial charge in [-0.3, -0.25) is 19.3 Å². The van der Waals surface area contributed by atoms with Gasteiger partial charge < -0.3 is 10.6 Å². The zero-order chi connectivity index (χ0) is 24.1. The Kier molecular flexibility index (Phi) is 7.80. The molecule has 0 bridgehead atoms. The van der Waals surface area contributed by atoms with E-state index in [1.54, 1.807) is 17.0 Å². The molecule has 0 radical (unpaired) electrons. The van der Waals surface area contributed by atoms with Crippen LogP contribution in [0.3, 0.4) is 0 Å². The SMILES string of the molecule is Cc1cc(C)cc(N(C(=O)CNC(=O)c2cccs2)C(C(=O)NC2CCCC2)c2cccs2)c1. The number of amides is 3. The molecule has 0 saturated heterocycles. The highest BCUT2D eigenvalue weighted by molar-refractivity contribution is 7.12. The number of rotatable bonds is 8. The van der Waals surface area contributed by atoms with Gasteiger partial charge in [0.25, 0.3) is 5.91 Å². The predicted molar refractivity (Wildman–Crippen MR) is 138 cm³/mol. The third kappa shape index (κ3) is 5.74. The molecule has 1 unspecified atom stereocenters. The number of nitrogens with zero attached hydrogens (tertiary/aromatic N) is 1. The lowest BCUT2D eigenvalue weighted by molar-refractivity contribution is -0.126. The van der Waals surface area contributed by atoms with Gasteiger partial charge in [-0.15, -0.1) is 22.7 Å². The summed E-state index contributed by atoms with van der Waals surface area (Å²) >= 11 is 2.77. The Bertz CT molecular complexity index is 1120. The van der Waals surface area contributed by atoms with Crippen LogP contribution in [-0.4, -0.2) is 30.3 Å². The summed E-state index contributed by atoms with van der Waals surface area (Å²) in [5.74, 6) is -0.826. The number of carbonyl (C=O) groups excluding carboxylic acids is 3. The average molecular weight is 496 g/mol. The highest BCUT2D eigenvalue weighted by atomic mass is 32.1. The fraction of sp³-hybridized carbons (Fsp3) is 0.346. The molecule has 34 heavy (non-hydrogen) atoms. The van der Waals surface area contributed by atoms with Crippen molar-refractivity contribution in [1.82, 2.24) is 10.6 Å². The van der Waals surface area contributed by atoms with E-state index in [-0.39, 0.29) is 30.3 Å². The second-order valence-corrected chi connectivity index (χ2v) is 10.6. The van der Waals surface area contributed by atoms with Crippen LogP contribution < -0.4 is 15.5 Å². The quantitative estimate of drug-likeness (QED) is 0.462. The minimum atomic E-state index is -0.812. The summed E-state index contributed by atoms with van der Waals surface area (Å²) < 4.78 is 0. The van der Waals surface area contributed by atoms with Crippen molar-refractivity contribution < 1.29 is 14.4 Å². The number of carbonyl (C=O) groups is 3. The summed E-state index contributed by atoms with van der Waals surface area (Å²) in [4.78, 5) is 42.6. The Balaban J connectivity index is 1.67. The average Bonchev–Trinajstić information content (AvgIpc) is 3.58. The lowest BCUT2D eigenvalue weighted by Crippen LogP contribution is -2.49. The molecule has 1 fully saturated rings. The van der Waals surface area contributed by atoms with Crippen molar-refractivity contribution in [2.75, 3.05) is 11.4 Å². The highest BCUT2D eigenvalue weighted by Gasteiger charge is 2.35. The summed E-state index contributed by atoms with van der Waals surface area (Å²) in [5, 5.41) is 9.63. The Hall–Kier alpha value is -2.97. The van der Waals surface area contributed by atoms with E-state index in [4.69, 9.17) is 0 Å². The highest BCUT2D eigenvalue weighted by Crippen LogP contribution is 2.32. The zero-order valence-corrected chi connectivity index (χ0v) is 21.0. The van der Waals surface area contributed by atoms with Gasteiger partial charge in [0, 0.05) is 16.6 Å². The first-order valence-corrected chi connectivity index (χ1v) is 13.2. The Labute approximate surface area is 208 Å². The largest absolute Gasteiger partial charge is 0.351 e. The number of hydrogen-bond donors (Lipinski definition) is 2. The van der Waals surface area contributed by atoms with Crippen molar-refractivity contribution >= 4 is 46.1 Å². The molecule has 8 heteroatoms. The number of benzene rings is 1. The van der Waals surface area contributed by atoms with E-state index in [1.165, 1.54) is 22.7 Å². The van der Waals surface area contributed by atoms with Gasteiger partial charge >= 0.3 is 0 Å². The first-order valence-electron chi connectivity index (χ1n) is 11.5. The third-order valence-corrected chi connectivity index (χ3v) is 7.71. The van der Waals surface area contributed by atoms with E-state index in [0.29, 0.717) is 10.6 Å². The van der Waals surface area contributed by atoms with Gasteiger partial charge in [-0.05, 0) is 72.8 Å². The number of thiophene rings is 2. The third-order valence-electron chi connectivity index (χ3n) is 5.92. The van der Waals surface area contributed by atoms with Gasteiger partial charge in [0.05, 0.1) is 11.4 Å². The minimum absolute atomic E-state index is 0.129. The molecule has 1 atom stereocenters. The molecular weight excluding hydrogens is 466 g/mol. The molecule has 3 amide bonds. The molecule has 1 saturated carbocycles. The van der Waals surface area contributed by atoms with E-state index in [2.05, 4.69) is 10.6 Å². The molecule has 1 aromatic carbocycles. The fourth-order valence-electron chi connectivity index (χ4n) is 4.43. The van der Waals surface area contributed by atoms with Crippen molar-refractivity contribution in [2.45, 2.75) is 51.6 Å². The molecule has 0 spiro atoms. The molecule has 2 N–H and O–H groups in total. The normalized spacial score (nSPS) is 14.5. The summed E-state index contributed by atoms with van der Waals surface area (Å²) in [6.45, 7) is 3.73. The second kappa shape index (κ2) is 11.0. The number of hydrogen-bond acceptors (Lipinski definition) is 5. The zero-order valence-electron chi connectivity index (χ0n) is 19.4. The molecule has 4 rings (SSSR count). The van der Waals surface area contributed by atoms with Gasteiger partial charge in [0.15, 0.2) is 0 Å². The maximum atomic E-state index is 13.7. The molecule has 3 aromatic rings. The lowest BCUT2D eigenvalue weighted by Gasteiger charge is -2.32. The molecule has 178 valence electrons. The van der Waals surface area contributed by atoms with E-state index < -0.39 is 6.04 Å². The van der Waals surface area contributed by atoms with Crippen LogP contribution in [0.2, 0.25) is 0 Å². The fourth-order valence-corrected chi connectivity index (χ4v) is 5.89. The summed E-state index contributed by atoms with van der Waals surface area (Å²) in [5.41, 5.74) is 2.64. The first-order chi connectivity index (χ1) is 16.4. The molecule has 2 heterocycles. The molecule has 2 aromatic heterocycles. The number of aryl methyl sites for hydroxylation is 2. The van der Waals surface area contributed by atoms with Crippen molar-refractivity contribution in [2.24, 2.45) is 0 Å². The first kappa shape index (κ1) is 24.2. The Morgan fingerprint density at radius 3 is 2.29 bits per heavy atom. The van der Waals surface area contributed by atoms with Gasteiger partial charge in [0.1, 0.15) is 6.04 Å². The summed E-state index contributed by atoms with van der Waals surface area (Å²) in [7, 11) is 0. The van der Waals surface area contributed by atoms with Crippen molar-refractivity contribution in [3.05, 3.63) is 74.1 Å². The molecular formula is C26H29N3O3S2. The number of nitrogens with one attached hydrogen (secondary N) is 2. The van der Waals surface area contributed by atoms with Gasteiger partial charge in [-0.25, -0.2) is 0 Å². The standard InChI is InChI=1S/C26H29N3O3S2/c1-17-13-18(2)15-20(14-17)29(23(30)16-27-25(31)22-10-6-12-34-22)24(21-9-5-11-33-21)26(32)28-19-7-3-4-8-19/h5-6,9-15,19,24H,3-4,7-8,16H2,1-2H3,(H,27,31)(H,28,32). The molecule has 6 nitrogen and oxygen atoms in total. The van der Waals surface area contributed by atoms with Gasteiger partial charge in [0.2, 0.25) is 11.8 Å². The van der Waals surface area contributed by atoms with Crippen LogP contribution in [0.15, 0.2) is 53.2 Å². The van der Waals surface area contributed by atoms with Crippen LogP contribution in [0.1, 0.15) is 57.4 Å². The molecule has 1 aliphatic carbocycles. The van der Waals surface area contributed by atoms with E-state index in [9.17, 15) is 14.4 Å². The Morgan fingerprint density at radius 2 is 1.68 bits per heavy atom. The van der Waals surface area contributed by atoms with Crippen LogP contribution in [0.25, 0.3) is 0 Å². The number of anilines is 1. The maximum absolute atomic E-state index is 13.7. The van der Waals surface area contributed by atoms with Gasteiger partial charge in [-0.2, -0.15) is 0 Å². The van der Waals surface area contributed by atoms with Crippen LogP contribution in [0, 0.1) is 13.8 Å². The second-order valence-electron chi connectivity index (χ2n) is 8.68. The van der Waals surface area contributed by atoms with Crippen LogP contribution in [0.4, 0.5) is 5.69 Å². The van der Waals surface area contributed by atoms with E-state index in [1.807, 2.05) is 54.9 Å². The monoisotopic (exact) mass is 495 g/mol. The van der Waals surface area contributed by atoms with Crippen molar-refractivity contribution in [3.63, 3.8) is 0 Å². The predicted octanol–water partition coefficient (Wildman–Crippen LogP) is 4.99. The Morgan fingerprint density at radius 1 is 1.00 bits per heavy atom. The minimum Gasteiger partial charge on any atom is -0.351 e. The molecule has 0 aliphatic heterocycles. The topological polar surface area (TPSA) is 78.5 Å². The maximum Gasteiger partial charge on any atom is 0.261 e. The lowest BCUT2D eigenvalue weighted by atomic mass is 10.1. The van der Waals surface area contributed by atoms with E-state index >= 15 is 0 Å². The molecule has 1 aliphatic rings.